The molecule has 0 radical (unpaired) electrons. The van der Waals surface area contributed by atoms with E-state index in [0.29, 0.717) is 0 Å². The number of aliphatic hydroxyl groups is 1. The van der Waals surface area contributed by atoms with Gasteiger partial charge in [0.25, 0.3) is 0 Å². The van der Waals surface area contributed by atoms with E-state index < -0.39 is 0 Å². The second-order valence-corrected chi connectivity index (χ2v) is 2.71. The highest BCUT2D eigenvalue weighted by molar-refractivity contribution is 5.08. The SMILES string of the molecule is CCCc1c(CO)nnn1CC. The Morgan fingerprint density at radius 1 is 1.42 bits per heavy atom. The monoisotopic (exact) mass is 169 g/mol. The lowest BCUT2D eigenvalue weighted by Gasteiger charge is -2.02. The molecule has 0 bridgehead atoms. The molecule has 4 nitrogen and oxygen atoms in total. The van der Waals surface area contributed by atoms with Crippen LogP contribution >= 0.6 is 0 Å². The molecule has 12 heavy (non-hydrogen) atoms. The van der Waals surface area contributed by atoms with E-state index in [9.17, 15) is 0 Å². The Morgan fingerprint density at radius 2 is 2.17 bits per heavy atom. The van der Waals surface area contributed by atoms with Crippen molar-refractivity contribution in [3.8, 4) is 0 Å². The quantitative estimate of drug-likeness (QED) is 0.723. The summed E-state index contributed by atoms with van der Waals surface area (Å²) in [6, 6.07) is 0. The molecule has 0 saturated carbocycles. The van der Waals surface area contributed by atoms with Crippen LogP contribution < -0.4 is 0 Å². The molecule has 0 saturated heterocycles. The van der Waals surface area contributed by atoms with Crippen LogP contribution in [0.25, 0.3) is 0 Å². The van der Waals surface area contributed by atoms with Gasteiger partial charge in [-0.05, 0) is 13.3 Å². The lowest BCUT2D eigenvalue weighted by Crippen LogP contribution is -2.03. The number of hydrogen-bond acceptors (Lipinski definition) is 3. The highest BCUT2D eigenvalue weighted by Crippen LogP contribution is 2.07. The summed E-state index contributed by atoms with van der Waals surface area (Å²) in [5.74, 6) is 0. The third-order valence-corrected chi connectivity index (χ3v) is 1.85. The van der Waals surface area contributed by atoms with Crippen LogP contribution in [0.4, 0.5) is 0 Å². The molecule has 0 unspecified atom stereocenters. The minimum Gasteiger partial charge on any atom is -0.390 e. The van der Waals surface area contributed by atoms with Gasteiger partial charge in [0, 0.05) is 6.54 Å². The molecular weight excluding hydrogens is 154 g/mol. The first kappa shape index (κ1) is 9.19. The molecule has 0 aliphatic rings. The zero-order valence-corrected chi connectivity index (χ0v) is 7.62. The van der Waals surface area contributed by atoms with Gasteiger partial charge in [0.15, 0.2) is 0 Å². The summed E-state index contributed by atoms with van der Waals surface area (Å²) < 4.78 is 1.84. The lowest BCUT2D eigenvalue weighted by atomic mass is 10.2. The van der Waals surface area contributed by atoms with Crippen molar-refractivity contribution in [1.29, 1.82) is 0 Å². The number of aromatic nitrogens is 3. The van der Waals surface area contributed by atoms with Gasteiger partial charge in [0.1, 0.15) is 5.69 Å². The summed E-state index contributed by atoms with van der Waals surface area (Å²) in [7, 11) is 0. The smallest absolute Gasteiger partial charge is 0.111 e. The normalized spacial score (nSPS) is 10.6. The van der Waals surface area contributed by atoms with Crippen LogP contribution in [0.5, 0.6) is 0 Å². The first-order valence-electron chi connectivity index (χ1n) is 4.35. The van der Waals surface area contributed by atoms with Crippen molar-refractivity contribution < 1.29 is 5.11 Å². The maximum absolute atomic E-state index is 8.94. The Labute approximate surface area is 72.2 Å². The molecule has 68 valence electrons. The minimum atomic E-state index is -0.00463. The molecule has 1 N–H and O–H groups in total. The van der Waals surface area contributed by atoms with Crippen LogP contribution in [0.1, 0.15) is 31.7 Å². The van der Waals surface area contributed by atoms with Crippen molar-refractivity contribution in [2.75, 3.05) is 0 Å². The standard InChI is InChI=1S/C8H15N3O/c1-3-5-8-7(6-12)9-10-11(8)4-2/h12H,3-6H2,1-2H3. The highest BCUT2D eigenvalue weighted by Gasteiger charge is 2.08. The average Bonchev–Trinajstić information content (AvgIpc) is 2.48. The van der Waals surface area contributed by atoms with E-state index in [1.165, 1.54) is 0 Å². The fourth-order valence-electron chi connectivity index (χ4n) is 1.26. The van der Waals surface area contributed by atoms with Crippen LogP contribution in [0, 0.1) is 0 Å². The highest BCUT2D eigenvalue weighted by atomic mass is 16.3. The van der Waals surface area contributed by atoms with Gasteiger partial charge in [-0.2, -0.15) is 0 Å². The largest absolute Gasteiger partial charge is 0.390 e. The minimum absolute atomic E-state index is 0.00463. The fraction of sp³-hybridized carbons (Fsp3) is 0.750. The Kier molecular flexibility index (Phi) is 3.22. The first-order valence-corrected chi connectivity index (χ1v) is 4.35. The molecule has 0 aromatic carbocycles. The van der Waals surface area contributed by atoms with E-state index in [-0.39, 0.29) is 6.61 Å². The Bertz CT molecular complexity index is 223. The summed E-state index contributed by atoms with van der Waals surface area (Å²) in [6.07, 6.45) is 2.00. The van der Waals surface area contributed by atoms with Gasteiger partial charge in [-0.3, -0.25) is 0 Å². The van der Waals surface area contributed by atoms with Crippen molar-refractivity contribution in [3.63, 3.8) is 0 Å². The molecule has 1 aromatic rings. The number of aryl methyl sites for hydroxylation is 1. The average molecular weight is 169 g/mol. The van der Waals surface area contributed by atoms with Crippen LogP contribution in [-0.4, -0.2) is 20.1 Å². The summed E-state index contributed by atoms with van der Waals surface area (Å²) in [5, 5.41) is 16.8. The molecule has 0 spiro atoms. The molecule has 1 heterocycles. The zero-order valence-electron chi connectivity index (χ0n) is 7.62. The number of rotatable bonds is 4. The van der Waals surface area contributed by atoms with Crippen molar-refractivity contribution >= 4 is 0 Å². The van der Waals surface area contributed by atoms with Crippen molar-refractivity contribution in [2.24, 2.45) is 0 Å². The van der Waals surface area contributed by atoms with Gasteiger partial charge in [-0.1, -0.05) is 18.6 Å². The molecule has 0 atom stereocenters. The molecule has 0 aliphatic heterocycles. The van der Waals surface area contributed by atoms with E-state index in [1.807, 2.05) is 11.6 Å². The van der Waals surface area contributed by atoms with E-state index in [2.05, 4.69) is 17.2 Å². The number of aliphatic hydroxyl groups excluding tert-OH is 1. The molecular formula is C8H15N3O. The summed E-state index contributed by atoms with van der Waals surface area (Å²) in [4.78, 5) is 0. The Balaban J connectivity index is 2.90. The van der Waals surface area contributed by atoms with Crippen LogP contribution in [-0.2, 0) is 19.6 Å². The number of nitrogens with zero attached hydrogens (tertiary/aromatic N) is 3. The molecule has 4 heteroatoms. The maximum Gasteiger partial charge on any atom is 0.111 e. The molecule has 0 amide bonds. The Morgan fingerprint density at radius 3 is 2.67 bits per heavy atom. The van der Waals surface area contributed by atoms with E-state index in [4.69, 9.17) is 5.11 Å². The fourth-order valence-corrected chi connectivity index (χ4v) is 1.26. The van der Waals surface area contributed by atoms with Crippen molar-refractivity contribution in [2.45, 2.75) is 39.8 Å². The van der Waals surface area contributed by atoms with Crippen molar-refractivity contribution in [1.82, 2.24) is 15.0 Å². The van der Waals surface area contributed by atoms with E-state index >= 15 is 0 Å². The van der Waals surface area contributed by atoms with Crippen LogP contribution in [0.15, 0.2) is 0 Å². The second-order valence-electron chi connectivity index (χ2n) is 2.71. The van der Waals surface area contributed by atoms with Gasteiger partial charge < -0.3 is 5.11 Å². The summed E-state index contributed by atoms with van der Waals surface area (Å²) in [5.41, 5.74) is 1.79. The molecule has 1 aromatic heterocycles. The zero-order chi connectivity index (χ0) is 8.97. The van der Waals surface area contributed by atoms with Gasteiger partial charge in [0.05, 0.1) is 12.3 Å². The van der Waals surface area contributed by atoms with Gasteiger partial charge in [-0.15, -0.1) is 5.10 Å². The number of hydrogen-bond donors (Lipinski definition) is 1. The Hall–Kier alpha value is -0.900. The first-order chi connectivity index (χ1) is 5.83. The van der Waals surface area contributed by atoms with Gasteiger partial charge >= 0.3 is 0 Å². The summed E-state index contributed by atoms with van der Waals surface area (Å²) in [6.45, 7) is 4.95. The predicted octanol–water partition coefficient (Wildman–Crippen LogP) is 0.743. The lowest BCUT2D eigenvalue weighted by molar-refractivity contribution is 0.275. The molecule has 0 aliphatic carbocycles. The van der Waals surface area contributed by atoms with Gasteiger partial charge in [-0.25, -0.2) is 4.68 Å². The predicted molar refractivity (Wildman–Crippen MR) is 45.6 cm³/mol. The van der Waals surface area contributed by atoms with Crippen LogP contribution in [0.3, 0.4) is 0 Å². The third-order valence-electron chi connectivity index (χ3n) is 1.85. The third kappa shape index (κ3) is 1.64. The maximum atomic E-state index is 8.94. The molecule has 1 rings (SSSR count). The van der Waals surface area contributed by atoms with Crippen LogP contribution in [0.2, 0.25) is 0 Å². The van der Waals surface area contributed by atoms with E-state index in [0.717, 1.165) is 30.8 Å². The van der Waals surface area contributed by atoms with E-state index in [1.54, 1.807) is 0 Å². The topological polar surface area (TPSA) is 50.9 Å². The van der Waals surface area contributed by atoms with Gasteiger partial charge in [0.2, 0.25) is 0 Å². The molecule has 0 fully saturated rings. The second kappa shape index (κ2) is 4.21. The van der Waals surface area contributed by atoms with Crippen molar-refractivity contribution in [3.05, 3.63) is 11.4 Å². The summed E-state index contributed by atoms with van der Waals surface area (Å²) >= 11 is 0.